The molecule has 4 nitrogen and oxygen atoms in total. The number of halogens is 1. The molecule has 1 saturated heterocycles. The minimum atomic E-state index is -3.48. The van der Waals surface area contributed by atoms with Crippen LogP contribution in [-0.4, -0.2) is 31.9 Å². The zero-order chi connectivity index (χ0) is 16.4. The van der Waals surface area contributed by atoms with Gasteiger partial charge in [0.25, 0.3) is 0 Å². The lowest BCUT2D eigenvalue weighted by Crippen LogP contribution is -2.34. The summed E-state index contributed by atoms with van der Waals surface area (Å²) < 4.78 is 27.5. The van der Waals surface area contributed by atoms with Crippen LogP contribution in [0.5, 0.6) is 0 Å². The first kappa shape index (κ1) is 18.9. The molecule has 0 aliphatic carbocycles. The lowest BCUT2D eigenvalue weighted by atomic mass is 10.1. The van der Waals surface area contributed by atoms with Crippen molar-refractivity contribution in [1.29, 1.82) is 0 Å². The molecule has 1 heterocycles. The Bertz CT molecular complexity index is 781. The van der Waals surface area contributed by atoms with Crippen LogP contribution in [0, 0.1) is 5.92 Å². The van der Waals surface area contributed by atoms with Gasteiger partial charge >= 0.3 is 0 Å². The van der Waals surface area contributed by atoms with Gasteiger partial charge in [-0.1, -0.05) is 42.5 Å². The van der Waals surface area contributed by atoms with Crippen LogP contribution in [0.3, 0.4) is 0 Å². The van der Waals surface area contributed by atoms with Gasteiger partial charge < -0.3 is 5.73 Å². The second-order valence-corrected chi connectivity index (χ2v) is 8.05. The molecule has 2 unspecified atom stereocenters. The van der Waals surface area contributed by atoms with Crippen LogP contribution in [0.4, 0.5) is 0 Å². The molecule has 1 aliphatic heterocycles. The minimum Gasteiger partial charge on any atom is -0.330 e. The van der Waals surface area contributed by atoms with Gasteiger partial charge in [0, 0.05) is 12.6 Å². The molecule has 0 amide bonds. The first-order valence-corrected chi connectivity index (χ1v) is 9.34. The first-order valence-electron chi connectivity index (χ1n) is 7.90. The van der Waals surface area contributed by atoms with Crippen LogP contribution >= 0.6 is 12.4 Å². The summed E-state index contributed by atoms with van der Waals surface area (Å²) in [5.74, 6) is 0.247. The molecular weight excluding hydrogens is 344 g/mol. The minimum absolute atomic E-state index is 0. The third kappa shape index (κ3) is 3.64. The number of sulfonamides is 1. The number of nitrogens with zero attached hydrogens (tertiary/aromatic N) is 1. The largest absolute Gasteiger partial charge is 0.330 e. The van der Waals surface area contributed by atoms with Gasteiger partial charge in [0.15, 0.2) is 0 Å². The van der Waals surface area contributed by atoms with Crippen LogP contribution in [0.2, 0.25) is 0 Å². The molecule has 1 fully saturated rings. The van der Waals surface area contributed by atoms with Crippen LogP contribution in [0.15, 0.2) is 59.5 Å². The Morgan fingerprint density at radius 1 is 1.08 bits per heavy atom. The van der Waals surface area contributed by atoms with Crippen molar-refractivity contribution in [3.05, 3.63) is 54.6 Å². The van der Waals surface area contributed by atoms with E-state index in [1.54, 1.807) is 22.5 Å². The molecule has 130 valence electrons. The van der Waals surface area contributed by atoms with Crippen molar-refractivity contribution in [3.63, 3.8) is 0 Å². The molecule has 2 aromatic carbocycles. The topological polar surface area (TPSA) is 63.4 Å². The van der Waals surface area contributed by atoms with E-state index in [9.17, 15) is 8.42 Å². The Balaban J connectivity index is 0.00000208. The normalized spacial score (nSPS) is 21.4. The van der Waals surface area contributed by atoms with Crippen LogP contribution in [-0.2, 0) is 10.0 Å². The summed E-state index contributed by atoms with van der Waals surface area (Å²) in [7, 11) is -3.48. The summed E-state index contributed by atoms with van der Waals surface area (Å²) in [6.45, 7) is 2.99. The molecule has 1 aliphatic rings. The maximum absolute atomic E-state index is 13.0. The van der Waals surface area contributed by atoms with E-state index in [1.165, 1.54) is 0 Å². The maximum atomic E-state index is 13.0. The molecule has 0 bridgehead atoms. The van der Waals surface area contributed by atoms with Gasteiger partial charge in [0.2, 0.25) is 10.0 Å². The van der Waals surface area contributed by atoms with Crippen molar-refractivity contribution in [2.75, 3.05) is 13.1 Å². The SMILES string of the molecule is CC1CC(CN)CN1S(=O)(=O)c1cccc(-c2ccccc2)c1.Cl. The predicted octanol–water partition coefficient (Wildman–Crippen LogP) is 3.13. The molecule has 24 heavy (non-hydrogen) atoms. The summed E-state index contributed by atoms with van der Waals surface area (Å²) in [6, 6.07) is 17.0. The highest BCUT2D eigenvalue weighted by Crippen LogP contribution is 2.30. The molecule has 6 heteroatoms. The molecule has 0 aromatic heterocycles. The molecule has 0 radical (unpaired) electrons. The van der Waals surface area contributed by atoms with Crippen molar-refractivity contribution in [1.82, 2.24) is 4.31 Å². The molecule has 2 aromatic rings. The van der Waals surface area contributed by atoms with Gasteiger partial charge in [-0.3, -0.25) is 0 Å². The van der Waals surface area contributed by atoms with Gasteiger partial charge in [-0.15, -0.1) is 12.4 Å². The predicted molar refractivity (Wildman–Crippen MR) is 99.6 cm³/mol. The van der Waals surface area contributed by atoms with E-state index in [0.717, 1.165) is 17.5 Å². The van der Waals surface area contributed by atoms with Crippen molar-refractivity contribution < 1.29 is 8.42 Å². The van der Waals surface area contributed by atoms with Crippen LogP contribution < -0.4 is 5.73 Å². The van der Waals surface area contributed by atoms with Gasteiger partial charge in [-0.05, 0) is 49.1 Å². The monoisotopic (exact) mass is 366 g/mol. The summed E-state index contributed by atoms with van der Waals surface area (Å²) >= 11 is 0. The van der Waals surface area contributed by atoms with Crippen molar-refractivity contribution in [2.24, 2.45) is 11.7 Å². The second-order valence-electron chi connectivity index (χ2n) is 6.16. The molecule has 0 spiro atoms. The van der Waals surface area contributed by atoms with E-state index in [2.05, 4.69) is 0 Å². The van der Waals surface area contributed by atoms with E-state index in [1.807, 2.05) is 43.3 Å². The second kappa shape index (κ2) is 7.66. The van der Waals surface area contributed by atoms with Gasteiger partial charge in [0.05, 0.1) is 4.90 Å². The van der Waals surface area contributed by atoms with Crippen LogP contribution in [0.25, 0.3) is 11.1 Å². The number of nitrogens with two attached hydrogens (primary N) is 1. The number of rotatable bonds is 4. The quantitative estimate of drug-likeness (QED) is 0.904. The van der Waals surface area contributed by atoms with Gasteiger partial charge in [-0.25, -0.2) is 8.42 Å². The summed E-state index contributed by atoms with van der Waals surface area (Å²) in [4.78, 5) is 0.350. The van der Waals surface area contributed by atoms with Crippen molar-refractivity contribution in [3.8, 4) is 11.1 Å². The highest BCUT2D eigenvalue weighted by Gasteiger charge is 2.37. The number of benzene rings is 2. The fourth-order valence-corrected chi connectivity index (χ4v) is 4.98. The number of hydrogen-bond acceptors (Lipinski definition) is 3. The van der Waals surface area contributed by atoms with E-state index < -0.39 is 10.0 Å². The highest BCUT2D eigenvalue weighted by molar-refractivity contribution is 7.89. The van der Waals surface area contributed by atoms with E-state index in [-0.39, 0.29) is 24.4 Å². The fourth-order valence-electron chi connectivity index (χ4n) is 3.22. The Kier molecular flexibility index (Phi) is 6.04. The third-order valence-corrected chi connectivity index (χ3v) is 6.46. The standard InChI is InChI=1S/C18H22N2O2S.ClH/c1-14-10-15(12-19)13-20(14)23(21,22)18-9-5-8-17(11-18)16-6-3-2-4-7-16;/h2-9,11,14-15H,10,12-13,19H2,1H3;1H. The third-order valence-electron chi connectivity index (χ3n) is 4.49. The Hall–Kier alpha value is -1.40. The van der Waals surface area contributed by atoms with Crippen molar-refractivity contribution in [2.45, 2.75) is 24.3 Å². The zero-order valence-electron chi connectivity index (χ0n) is 13.6. The molecule has 2 atom stereocenters. The molecular formula is C18H23ClN2O2S. The highest BCUT2D eigenvalue weighted by atomic mass is 35.5. The Morgan fingerprint density at radius 3 is 2.38 bits per heavy atom. The zero-order valence-corrected chi connectivity index (χ0v) is 15.3. The fraction of sp³-hybridized carbons (Fsp3) is 0.333. The van der Waals surface area contributed by atoms with E-state index in [4.69, 9.17) is 5.73 Å². The average Bonchev–Trinajstić information content (AvgIpc) is 2.97. The molecule has 0 saturated carbocycles. The van der Waals surface area contributed by atoms with E-state index in [0.29, 0.717) is 18.0 Å². The number of hydrogen-bond donors (Lipinski definition) is 1. The van der Waals surface area contributed by atoms with E-state index >= 15 is 0 Å². The molecule has 2 N–H and O–H groups in total. The van der Waals surface area contributed by atoms with Crippen molar-refractivity contribution >= 4 is 22.4 Å². The maximum Gasteiger partial charge on any atom is 0.243 e. The van der Waals surface area contributed by atoms with Gasteiger partial charge in [0.1, 0.15) is 0 Å². The van der Waals surface area contributed by atoms with Crippen LogP contribution in [0.1, 0.15) is 13.3 Å². The van der Waals surface area contributed by atoms with Gasteiger partial charge in [-0.2, -0.15) is 4.31 Å². The lowest BCUT2D eigenvalue weighted by molar-refractivity contribution is 0.404. The average molecular weight is 367 g/mol. The summed E-state index contributed by atoms with van der Waals surface area (Å²) in [6.07, 6.45) is 0.827. The Labute approximate surface area is 150 Å². The summed E-state index contributed by atoms with van der Waals surface area (Å²) in [5.41, 5.74) is 7.64. The Morgan fingerprint density at radius 2 is 1.75 bits per heavy atom. The lowest BCUT2D eigenvalue weighted by Gasteiger charge is -2.21. The summed E-state index contributed by atoms with van der Waals surface area (Å²) in [5, 5.41) is 0. The first-order chi connectivity index (χ1) is 11.0. The smallest absolute Gasteiger partial charge is 0.243 e. The molecule has 3 rings (SSSR count).